The first-order valence-corrected chi connectivity index (χ1v) is 2.71. The maximum Gasteiger partial charge on any atom is 0.335 e. The summed E-state index contributed by atoms with van der Waals surface area (Å²) in [5.74, 6) is -1.62. The molecular weight excluding hydrogens is 341 g/mol. The van der Waals surface area contributed by atoms with Crippen LogP contribution in [0.3, 0.4) is 0 Å². The molecule has 4 heteroatoms. The second-order valence-electron chi connectivity index (χ2n) is 1.80. The van der Waals surface area contributed by atoms with E-state index in [2.05, 4.69) is 0 Å². The second-order valence-corrected chi connectivity index (χ2v) is 1.80. The summed E-state index contributed by atoms with van der Waals surface area (Å²) in [6.07, 6.45) is 0. The quantitative estimate of drug-likeness (QED) is 0.733. The van der Waals surface area contributed by atoms with Gasteiger partial charge < -0.3 is 10.2 Å². The van der Waals surface area contributed by atoms with Gasteiger partial charge in [-0.15, -0.1) is 0 Å². The number of para-hydroxylation sites is 1. The molecule has 0 aromatic heterocycles. The Morgan fingerprint density at radius 1 is 1.36 bits per heavy atom. The van der Waals surface area contributed by atoms with Crippen molar-refractivity contribution in [1.82, 2.24) is 0 Å². The van der Waals surface area contributed by atoms with Crippen LogP contribution in [0.2, 0.25) is 0 Å². The van der Waals surface area contributed by atoms with Crippen LogP contribution in [0.5, 0.6) is 5.75 Å². The van der Waals surface area contributed by atoms with Crippen LogP contribution >= 0.6 is 0 Å². The molecule has 0 heterocycles. The molecule has 3 radical (unpaired) electrons. The van der Waals surface area contributed by atoms with Crippen molar-refractivity contribution in [2.75, 3.05) is 0 Å². The van der Waals surface area contributed by atoms with Gasteiger partial charge in [-0.2, -0.15) is 0 Å². The van der Waals surface area contributed by atoms with Crippen molar-refractivity contribution in [1.29, 1.82) is 0 Å². The molecule has 0 aliphatic heterocycles. The van der Waals surface area contributed by atoms with Crippen molar-refractivity contribution < 1.29 is 15.0 Å². The van der Waals surface area contributed by atoms with Gasteiger partial charge in [0.15, 0.2) is 0 Å². The van der Waals surface area contributed by atoms with Crippen molar-refractivity contribution in [3.05, 3.63) is 29.8 Å². The molecule has 0 bridgehead atoms. The number of carboxylic acid groups (broad SMARTS) is 1. The molecule has 0 saturated heterocycles. The Labute approximate surface area is 82.8 Å². The summed E-state index contributed by atoms with van der Waals surface area (Å²) in [5.41, 5.74) is -0.178. The van der Waals surface area contributed by atoms with Crippen LogP contribution in [0, 0.1) is 0 Å². The summed E-state index contributed by atoms with van der Waals surface area (Å²) >= 11 is 0. The van der Waals surface area contributed by atoms with E-state index in [9.17, 15) is 9.90 Å². The largest absolute Gasteiger partial charge is 0.872 e. The number of rotatable bonds is 1. The van der Waals surface area contributed by atoms with Gasteiger partial charge in [0, 0.05) is 26.2 Å². The molecule has 1 aromatic rings. The van der Waals surface area contributed by atoms with Gasteiger partial charge in [-0.1, -0.05) is 23.9 Å². The number of hydrogen-bond donors (Lipinski definition) is 1. The van der Waals surface area contributed by atoms with Crippen LogP contribution in [-0.4, -0.2) is 37.3 Å². The van der Waals surface area contributed by atoms with E-state index >= 15 is 0 Å². The Hall–Kier alpha value is -0.627. The van der Waals surface area contributed by atoms with E-state index in [1.54, 1.807) is 0 Å². The third-order valence-electron chi connectivity index (χ3n) is 1.12. The van der Waals surface area contributed by atoms with Crippen LogP contribution in [0.1, 0.15) is 10.4 Å². The third kappa shape index (κ3) is 2.47. The Balaban J connectivity index is 0.000001000. The first kappa shape index (κ1) is 10.4. The first-order chi connectivity index (χ1) is 4.72. The monoisotopic (exact) mass is 346 g/mol. The second kappa shape index (κ2) is 4.29. The summed E-state index contributed by atoms with van der Waals surface area (Å²) in [6.45, 7) is 0. The molecule has 0 unspecified atom stereocenters. The van der Waals surface area contributed by atoms with E-state index in [1.807, 2.05) is 0 Å². The number of aromatic carboxylic acids is 1. The molecular formula is C7H5BiO3-. The molecule has 0 fully saturated rings. The zero-order valence-electron chi connectivity index (χ0n) is 5.52. The van der Waals surface area contributed by atoms with Gasteiger partial charge in [0.1, 0.15) is 0 Å². The molecule has 11 heavy (non-hydrogen) atoms. The Bertz CT molecular complexity index is 260. The van der Waals surface area contributed by atoms with Crippen molar-refractivity contribution in [3.8, 4) is 5.75 Å². The standard InChI is InChI=1S/C7H6O3.Bi/c8-6-4-2-1-3-5(6)7(9)10;/h1-4,8H,(H,9,10);/p-1. The molecule has 1 N–H and O–H groups in total. The number of carbonyl (C=O) groups is 1. The van der Waals surface area contributed by atoms with E-state index in [-0.39, 0.29) is 31.8 Å². The average Bonchev–Trinajstić information content (AvgIpc) is 1.88. The van der Waals surface area contributed by atoms with Crippen molar-refractivity contribution in [2.24, 2.45) is 0 Å². The molecule has 3 nitrogen and oxygen atoms in total. The Kier molecular flexibility index (Phi) is 4.05. The molecule has 0 aliphatic carbocycles. The molecule has 0 amide bonds. The molecule has 0 spiro atoms. The normalized spacial score (nSPS) is 8.36. The zero-order chi connectivity index (χ0) is 7.56. The van der Waals surface area contributed by atoms with Crippen LogP contribution in [-0.2, 0) is 0 Å². The van der Waals surface area contributed by atoms with Crippen molar-refractivity contribution in [2.45, 2.75) is 0 Å². The minimum absolute atomic E-state index is 0. The predicted molar refractivity (Wildman–Crippen MR) is 38.6 cm³/mol. The van der Waals surface area contributed by atoms with E-state index in [0.29, 0.717) is 0 Å². The number of carboxylic acids is 1. The van der Waals surface area contributed by atoms with E-state index < -0.39 is 11.7 Å². The van der Waals surface area contributed by atoms with E-state index in [0.717, 1.165) is 0 Å². The van der Waals surface area contributed by atoms with E-state index in [4.69, 9.17) is 5.11 Å². The van der Waals surface area contributed by atoms with Gasteiger partial charge in [0.2, 0.25) is 0 Å². The maximum absolute atomic E-state index is 10.7. The SMILES string of the molecule is O=C(O)c1ccccc1[O-].[Bi]. The van der Waals surface area contributed by atoms with Crippen LogP contribution in [0.4, 0.5) is 0 Å². The van der Waals surface area contributed by atoms with Gasteiger partial charge in [0.05, 0.1) is 5.56 Å². The maximum atomic E-state index is 10.7. The molecule has 0 aliphatic rings. The van der Waals surface area contributed by atoms with Gasteiger partial charge in [-0.05, 0) is 6.07 Å². The minimum Gasteiger partial charge on any atom is -0.872 e. The van der Waals surface area contributed by atoms with Crippen LogP contribution < -0.4 is 5.11 Å². The fraction of sp³-hybridized carbons (Fsp3) is 0. The minimum atomic E-state index is -1.18. The van der Waals surface area contributed by atoms with E-state index in [1.165, 1.54) is 24.3 Å². The van der Waals surface area contributed by atoms with Gasteiger partial charge in [-0.25, -0.2) is 4.79 Å². The fourth-order valence-electron chi connectivity index (χ4n) is 0.643. The van der Waals surface area contributed by atoms with Crippen LogP contribution in [0.25, 0.3) is 0 Å². The zero-order valence-corrected chi connectivity index (χ0v) is 9.00. The number of benzene rings is 1. The fourth-order valence-corrected chi connectivity index (χ4v) is 0.643. The Morgan fingerprint density at radius 2 is 1.91 bits per heavy atom. The molecule has 1 rings (SSSR count). The summed E-state index contributed by atoms with van der Waals surface area (Å²) in [7, 11) is 0. The summed E-state index contributed by atoms with van der Waals surface area (Å²) in [5, 5.41) is 19.0. The molecule has 1 aromatic carbocycles. The third-order valence-corrected chi connectivity index (χ3v) is 1.12. The summed E-state index contributed by atoms with van der Waals surface area (Å²) < 4.78 is 0. The van der Waals surface area contributed by atoms with Gasteiger partial charge >= 0.3 is 5.97 Å². The predicted octanol–water partition coefficient (Wildman–Crippen LogP) is 0.0776. The van der Waals surface area contributed by atoms with Crippen LogP contribution in [0.15, 0.2) is 24.3 Å². The molecule has 57 valence electrons. The smallest absolute Gasteiger partial charge is 0.335 e. The van der Waals surface area contributed by atoms with Gasteiger partial charge in [0.25, 0.3) is 0 Å². The average molecular weight is 346 g/mol. The number of hydrogen-bond acceptors (Lipinski definition) is 2. The topological polar surface area (TPSA) is 60.4 Å². The summed E-state index contributed by atoms with van der Waals surface area (Å²) in [6, 6.07) is 5.54. The Morgan fingerprint density at radius 3 is 2.27 bits per heavy atom. The van der Waals surface area contributed by atoms with Gasteiger partial charge in [-0.3, -0.25) is 0 Å². The summed E-state index contributed by atoms with van der Waals surface area (Å²) in [4.78, 5) is 10.2. The first-order valence-electron chi connectivity index (χ1n) is 2.71. The van der Waals surface area contributed by atoms with Crippen molar-refractivity contribution >= 4 is 32.2 Å². The molecule has 0 atom stereocenters. The molecule has 0 saturated carbocycles. The van der Waals surface area contributed by atoms with Crippen molar-refractivity contribution in [3.63, 3.8) is 0 Å².